The van der Waals surface area contributed by atoms with Crippen molar-refractivity contribution in [3.63, 3.8) is 0 Å². The highest BCUT2D eigenvalue weighted by Gasteiger charge is 2.18. The third-order valence-electron chi connectivity index (χ3n) is 8.84. The van der Waals surface area contributed by atoms with Crippen LogP contribution >= 0.6 is 0 Å². The molecule has 0 N–H and O–H groups in total. The summed E-state index contributed by atoms with van der Waals surface area (Å²) in [7, 11) is 0. The number of aryl methyl sites for hydroxylation is 1. The topological polar surface area (TPSA) is 0 Å². The summed E-state index contributed by atoms with van der Waals surface area (Å²) in [6.07, 6.45) is 8.45. The molecule has 1 aliphatic carbocycles. The van der Waals surface area contributed by atoms with Crippen LogP contribution in [-0.2, 0) is 0 Å². The van der Waals surface area contributed by atoms with Crippen LogP contribution in [0.15, 0.2) is 115 Å². The molecule has 0 heteroatoms. The van der Waals surface area contributed by atoms with Gasteiger partial charge < -0.3 is 0 Å². The Morgan fingerprint density at radius 3 is 2.13 bits per heavy atom. The second-order valence-corrected chi connectivity index (χ2v) is 11.5. The molecule has 2 unspecified atom stereocenters. The molecule has 0 nitrogen and oxygen atoms in total. The van der Waals surface area contributed by atoms with Crippen LogP contribution in [-0.4, -0.2) is 0 Å². The summed E-state index contributed by atoms with van der Waals surface area (Å²) in [4.78, 5) is 0. The van der Waals surface area contributed by atoms with Gasteiger partial charge in [0.05, 0.1) is 0 Å². The lowest BCUT2D eigenvalue weighted by atomic mass is 9.85. The average Bonchev–Trinajstić information content (AvgIpc) is 3.18. The molecule has 1 aliphatic rings. The summed E-state index contributed by atoms with van der Waals surface area (Å²) in [6, 6.07) is 36.1. The molecule has 0 spiro atoms. The van der Waals surface area contributed by atoms with Crippen LogP contribution in [0.4, 0.5) is 0 Å². The third kappa shape index (κ3) is 4.97. The molecule has 0 bridgehead atoms. The summed E-state index contributed by atoms with van der Waals surface area (Å²) in [5.74, 6) is 1.24. The Bertz CT molecular complexity index is 1710. The fourth-order valence-electron chi connectivity index (χ4n) is 6.14. The van der Waals surface area contributed by atoms with Gasteiger partial charge in [-0.25, -0.2) is 0 Å². The van der Waals surface area contributed by atoms with Crippen molar-refractivity contribution < 1.29 is 0 Å². The number of hydrogen-bond donors (Lipinski definition) is 0. The lowest BCUT2D eigenvalue weighted by Crippen LogP contribution is -2.02. The molecule has 5 aromatic rings. The van der Waals surface area contributed by atoms with Crippen molar-refractivity contribution in [1.29, 1.82) is 0 Å². The van der Waals surface area contributed by atoms with Crippen molar-refractivity contribution in [3.8, 4) is 22.3 Å². The van der Waals surface area contributed by atoms with Gasteiger partial charge in [0, 0.05) is 0 Å². The van der Waals surface area contributed by atoms with Gasteiger partial charge >= 0.3 is 0 Å². The summed E-state index contributed by atoms with van der Waals surface area (Å²) >= 11 is 0. The van der Waals surface area contributed by atoms with Crippen LogP contribution in [0.25, 0.3) is 49.4 Å². The number of hydrogen-bond acceptors (Lipinski definition) is 0. The Morgan fingerprint density at radius 2 is 1.36 bits per heavy atom. The van der Waals surface area contributed by atoms with Crippen molar-refractivity contribution in [2.75, 3.05) is 0 Å². The van der Waals surface area contributed by atoms with E-state index < -0.39 is 0 Å². The van der Waals surface area contributed by atoms with Gasteiger partial charge in [0.15, 0.2) is 0 Å². The summed E-state index contributed by atoms with van der Waals surface area (Å²) in [5, 5.41) is 5.21. The monoisotopic (exact) mass is 506 g/mol. The van der Waals surface area contributed by atoms with Crippen LogP contribution in [0.2, 0.25) is 0 Å². The van der Waals surface area contributed by atoms with Crippen molar-refractivity contribution in [1.82, 2.24) is 0 Å². The van der Waals surface area contributed by atoms with Crippen LogP contribution in [0.3, 0.4) is 0 Å². The molecule has 0 saturated heterocycles. The van der Waals surface area contributed by atoms with Crippen LogP contribution in [0.1, 0.15) is 51.2 Å². The van der Waals surface area contributed by atoms with Crippen molar-refractivity contribution in [2.45, 2.75) is 47.0 Å². The number of benzene rings is 5. The Morgan fingerprint density at radius 1 is 0.718 bits per heavy atom. The lowest BCUT2D eigenvalue weighted by Gasteiger charge is -2.20. The van der Waals surface area contributed by atoms with Crippen LogP contribution < -0.4 is 0 Å². The molecule has 0 amide bonds. The molecule has 6 rings (SSSR count). The summed E-state index contributed by atoms with van der Waals surface area (Å²) in [6.45, 7) is 9.31. The molecule has 0 fully saturated rings. The Kier molecular flexibility index (Phi) is 6.96. The molecule has 5 aromatic carbocycles. The number of allylic oxidation sites excluding steroid dienone is 4. The molecule has 194 valence electrons. The zero-order chi connectivity index (χ0) is 26.9. The molecular formula is C39H38. The molecule has 0 aliphatic heterocycles. The summed E-state index contributed by atoms with van der Waals surface area (Å²) < 4.78 is 0. The maximum atomic E-state index is 2.42. The number of rotatable bonds is 5. The predicted octanol–water partition coefficient (Wildman–Crippen LogP) is 11.4. The fraction of sp³-hybridized carbons (Fsp3) is 0.231. The Labute approximate surface area is 233 Å². The van der Waals surface area contributed by atoms with Gasteiger partial charge in [0.1, 0.15) is 0 Å². The lowest BCUT2D eigenvalue weighted by molar-refractivity contribution is 0.578. The van der Waals surface area contributed by atoms with Gasteiger partial charge in [-0.2, -0.15) is 0 Å². The summed E-state index contributed by atoms with van der Waals surface area (Å²) in [5.41, 5.74) is 10.9. The average molecular weight is 507 g/mol. The fourth-order valence-corrected chi connectivity index (χ4v) is 6.14. The second kappa shape index (κ2) is 10.7. The first-order chi connectivity index (χ1) is 19.0. The van der Waals surface area contributed by atoms with E-state index in [1.165, 1.54) is 79.8 Å². The SMILES string of the molecule is CCC(C)C1=C(c2cc(-c3ccc(-c4ccc5c(ccc6ccccc65)c4)cc3)ccc2C)C=CC(C)CC1. The molecule has 0 aromatic heterocycles. The first-order valence-corrected chi connectivity index (χ1v) is 14.6. The molecule has 0 saturated carbocycles. The second-order valence-electron chi connectivity index (χ2n) is 11.5. The maximum absolute atomic E-state index is 2.42. The van der Waals surface area contributed by atoms with E-state index in [9.17, 15) is 0 Å². The Hall–Kier alpha value is -3.90. The zero-order valence-electron chi connectivity index (χ0n) is 23.7. The number of fused-ring (bicyclic) bond motifs is 3. The van der Waals surface area contributed by atoms with Crippen molar-refractivity contribution in [3.05, 3.63) is 126 Å². The van der Waals surface area contributed by atoms with E-state index in [0.29, 0.717) is 11.8 Å². The van der Waals surface area contributed by atoms with Gasteiger partial charge in [-0.15, -0.1) is 0 Å². The normalized spacial score (nSPS) is 16.6. The van der Waals surface area contributed by atoms with Gasteiger partial charge in [-0.05, 0) is 111 Å². The predicted molar refractivity (Wildman–Crippen MR) is 171 cm³/mol. The minimum atomic E-state index is 0.609. The first kappa shape index (κ1) is 25.4. The maximum Gasteiger partial charge on any atom is -0.0105 e. The van der Waals surface area contributed by atoms with Crippen LogP contribution in [0.5, 0.6) is 0 Å². The van der Waals surface area contributed by atoms with E-state index in [1.54, 1.807) is 5.57 Å². The molecule has 0 radical (unpaired) electrons. The van der Waals surface area contributed by atoms with Gasteiger partial charge in [-0.1, -0.05) is 123 Å². The minimum Gasteiger partial charge on any atom is -0.0811 e. The van der Waals surface area contributed by atoms with E-state index in [2.05, 4.69) is 137 Å². The zero-order valence-corrected chi connectivity index (χ0v) is 23.7. The van der Waals surface area contributed by atoms with Gasteiger partial charge in [-0.3, -0.25) is 0 Å². The van der Waals surface area contributed by atoms with Crippen molar-refractivity contribution >= 4 is 27.1 Å². The van der Waals surface area contributed by atoms with Gasteiger partial charge in [0.2, 0.25) is 0 Å². The van der Waals surface area contributed by atoms with E-state index >= 15 is 0 Å². The highest BCUT2D eigenvalue weighted by atomic mass is 14.2. The van der Waals surface area contributed by atoms with Crippen molar-refractivity contribution in [2.24, 2.45) is 11.8 Å². The van der Waals surface area contributed by atoms with E-state index in [1.807, 2.05) is 0 Å². The first-order valence-electron chi connectivity index (χ1n) is 14.6. The van der Waals surface area contributed by atoms with E-state index in [-0.39, 0.29) is 0 Å². The van der Waals surface area contributed by atoms with E-state index in [4.69, 9.17) is 0 Å². The highest BCUT2D eigenvalue weighted by Crippen LogP contribution is 2.38. The quantitative estimate of drug-likeness (QED) is 0.208. The largest absolute Gasteiger partial charge is 0.0811 e. The Balaban J connectivity index is 1.35. The van der Waals surface area contributed by atoms with Crippen LogP contribution in [0, 0.1) is 18.8 Å². The highest BCUT2D eigenvalue weighted by molar-refractivity contribution is 6.08. The van der Waals surface area contributed by atoms with Gasteiger partial charge in [0.25, 0.3) is 0 Å². The molecular weight excluding hydrogens is 468 g/mol. The molecule has 39 heavy (non-hydrogen) atoms. The smallest absolute Gasteiger partial charge is 0.0105 e. The van der Waals surface area contributed by atoms with E-state index in [0.717, 1.165) is 0 Å². The molecule has 0 heterocycles. The minimum absolute atomic E-state index is 0.609. The standard InChI is InChI=1S/C39H38/c1-5-27(3)35-21-10-26(2)11-22-38(35)39-25-33(13-12-28(39)4)30-16-14-29(15-17-30)32-20-23-37-34(24-32)19-18-31-8-6-7-9-36(31)37/h6-9,11-20,22-27H,5,10,21H2,1-4H3. The molecule has 2 atom stereocenters. The third-order valence-corrected chi connectivity index (χ3v) is 8.84.